The summed E-state index contributed by atoms with van der Waals surface area (Å²) in [5, 5.41) is 8.25. The summed E-state index contributed by atoms with van der Waals surface area (Å²) >= 11 is 0. The van der Waals surface area contributed by atoms with Crippen LogP contribution in [-0.4, -0.2) is 23.7 Å². The zero-order chi connectivity index (χ0) is 11.4. The van der Waals surface area contributed by atoms with Gasteiger partial charge >= 0.3 is 11.9 Å². The van der Waals surface area contributed by atoms with Crippen LogP contribution in [0.15, 0.2) is 18.2 Å². The number of nitrogens with two attached hydrogens (primary N) is 1. The molecule has 5 nitrogen and oxygen atoms in total. The molecule has 6 heteroatoms. The standard InChI is InChI=1S/C9H8FNO4/c10-5-1-2-6(7(11)3-5)9(14)15-4-8(12)13/h1-3H,4,11H2,(H,12,13). The number of benzene rings is 1. The summed E-state index contributed by atoms with van der Waals surface area (Å²) in [4.78, 5) is 21.3. The number of nitrogen functional groups attached to an aromatic ring is 1. The van der Waals surface area contributed by atoms with Crippen LogP contribution in [-0.2, 0) is 9.53 Å². The summed E-state index contributed by atoms with van der Waals surface area (Å²) in [7, 11) is 0. The van der Waals surface area contributed by atoms with E-state index in [2.05, 4.69) is 4.74 Å². The largest absolute Gasteiger partial charge is 0.479 e. The van der Waals surface area contributed by atoms with Gasteiger partial charge in [0.15, 0.2) is 6.61 Å². The Hall–Kier alpha value is -2.11. The number of carbonyl (C=O) groups is 2. The molecule has 1 aromatic carbocycles. The van der Waals surface area contributed by atoms with Gasteiger partial charge in [-0.05, 0) is 18.2 Å². The Morgan fingerprint density at radius 1 is 1.47 bits per heavy atom. The van der Waals surface area contributed by atoms with Crippen LogP contribution in [0.3, 0.4) is 0 Å². The van der Waals surface area contributed by atoms with Crippen molar-refractivity contribution < 1.29 is 23.8 Å². The van der Waals surface area contributed by atoms with E-state index in [1.54, 1.807) is 0 Å². The molecule has 0 aromatic heterocycles. The van der Waals surface area contributed by atoms with Crippen molar-refractivity contribution in [1.29, 1.82) is 0 Å². The third kappa shape index (κ3) is 2.94. The molecule has 1 rings (SSSR count). The second kappa shape index (κ2) is 4.41. The fourth-order valence-electron chi connectivity index (χ4n) is 0.925. The van der Waals surface area contributed by atoms with Crippen molar-refractivity contribution in [2.75, 3.05) is 12.3 Å². The molecule has 0 amide bonds. The van der Waals surface area contributed by atoms with E-state index >= 15 is 0 Å². The second-order valence-corrected chi connectivity index (χ2v) is 2.70. The third-order valence-electron chi connectivity index (χ3n) is 1.56. The quantitative estimate of drug-likeness (QED) is 0.568. The first-order valence-corrected chi connectivity index (χ1v) is 3.94. The molecule has 0 spiro atoms. The number of aliphatic carboxylic acids is 1. The second-order valence-electron chi connectivity index (χ2n) is 2.70. The Balaban J connectivity index is 2.78. The number of carboxylic acid groups (broad SMARTS) is 1. The Morgan fingerprint density at radius 2 is 2.13 bits per heavy atom. The van der Waals surface area contributed by atoms with E-state index in [-0.39, 0.29) is 11.3 Å². The van der Waals surface area contributed by atoms with E-state index in [0.29, 0.717) is 0 Å². The molecule has 0 heterocycles. The number of carboxylic acids is 1. The lowest BCUT2D eigenvalue weighted by Gasteiger charge is -2.04. The summed E-state index contributed by atoms with van der Waals surface area (Å²) in [5.41, 5.74) is 5.19. The normalized spacial score (nSPS) is 9.67. The first-order chi connectivity index (χ1) is 7.00. The van der Waals surface area contributed by atoms with Crippen molar-refractivity contribution in [3.8, 4) is 0 Å². The minimum Gasteiger partial charge on any atom is -0.479 e. The number of anilines is 1. The molecule has 80 valence electrons. The van der Waals surface area contributed by atoms with Gasteiger partial charge in [-0.2, -0.15) is 0 Å². The molecular formula is C9H8FNO4. The van der Waals surface area contributed by atoms with E-state index in [4.69, 9.17) is 10.8 Å². The van der Waals surface area contributed by atoms with Crippen LogP contribution < -0.4 is 5.73 Å². The van der Waals surface area contributed by atoms with E-state index in [9.17, 15) is 14.0 Å². The maximum atomic E-state index is 12.6. The highest BCUT2D eigenvalue weighted by molar-refractivity contribution is 5.95. The maximum Gasteiger partial charge on any atom is 0.341 e. The fraction of sp³-hybridized carbons (Fsp3) is 0.111. The Bertz CT molecular complexity index is 405. The average Bonchev–Trinajstić information content (AvgIpc) is 2.14. The summed E-state index contributed by atoms with van der Waals surface area (Å²) in [6, 6.07) is 3.12. The molecule has 0 fully saturated rings. The lowest BCUT2D eigenvalue weighted by molar-refractivity contribution is -0.140. The van der Waals surface area contributed by atoms with Crippen LogP contribution in [0.25, 0.3) is 0 Å². The molecule has 1 aromatic rings. The monoisotopic (exact) mass is 213 g/mol. The molecule has 0 atom stereocenters. The number of carbonyl (C=O) groups excluding carboxylic acids is 1. The van der Waals surface area contributed by atoms with Crippen molar-refractivity contribution in [3.63, 3.8) is 0 Å². The van der Waals surface area contributed by atoms with Crippen molar-refractivity contribution in [2.24, 2.45) is 0 Å². The summed E-state index contributed by atoms with van der Waals surface area (Å²) in [6.45, 7) is -0.754. The van der Waals surface area contributed by atoms with Gasteiger partial charge in [0.05, 0.1) is 5.56 Å². The van der Waals surface area contributed by atoms with Crippen LogP contribution in [0.1, 0.15) is 10.4 Å². The molecule has 0 bridgehead atoms. The fourth-order valence-corrected chi connectivity index (χ4v) is 0.925. The van der Waals surface area contributed by atoms with E-state index in [1.807, 2.05) is 0 Å². The number of ether oxygens (including phenoxy) is 1. The lowest BCUT2D eigenvalue weighted by atomic mass is 10.2. The first kappa shape index (κ1) is 11.0. The smallest absolute Gasteiger partial charge is 0.341 e. The SMILES string of the molecule is Nc1cc(F)ccc1C(=O)OCC(=O)O. The lowest BCUT2D eigenvalue weighted by Crippen LogP contribution is -2.14. The molecule has 0 saturated carbocycles. The number of halogens is 1. The van der Waals surface area contributed by atoms with Gasteiger partial charge in [0.2, 0.25) is 0 Å². The van der Waals surface area contributed by atoms with Gasteiger partial charge in [0, 0.05) is 5.69 Å². The highest BCUT2D eigenvalue weighted by Gasteiger charge is 2.12. The van der Waals surface area contributed by atoms with Crippen LogP contribution >= 0.6 is 0 Å². The van der Waals surface area contributed by atoms with Crippen molar-refractivity contribution in [1.82, 2.24) is 0 Å². The maximum absolute atomic E-state index is 12.6. The Labute approximate surface area is 84.3 Å². The van der Waals surface area contributed by atoms with Gasteiger partial charge in [-0.1, -0.05) is 0 Å². The van der Waals surface area contributed by atoms with Gasteiger partial charge in [0.1, 0.15) is 5.82 Å². The number of rotatable bonds is 3. The van der Waals surface area contributed by atoms with Gasteiger partial charge in [-0.3, -0.25) is 0 Å². The van der Waals surface area contributed by atoms with Crippen molar-refractivity contribution in [2.45, 2.75) is 0 Å². The average molecular weight is 213 g/mol. The van der Waals surface area contributed by atoms with Gasteiger partial charge in [0.25, 0.3) is 0 Å². The highest BCUT2D eigenvalue weighted by Crippen LogP contribution is 2.14. The Kier molecular flexibility index (Phi) is 3.22. The van der Waals surface area contributed by atoms with E-state index in [0.717, 1.165) is 18.2 Å². The van der Waals surface area contributed by atoms with Crippen molar-refractivity contribution in [3.05, 3.63) is 29.6 Å². The molecule has 15 heavy (non-hydrogen) atoms. The third-order valence-corrected chi connectivity index (χ3v) is 1.56. The molecular weight excluding hydrogens is 205 g/mol. The topological polar surface area (TPSA) is 89.6 Å². The molecule has 0 saturated heterocycles. The van der Waals surface area contributed by atoms with Crippen molar-refractivity contribution >= 4 is 17.6 Å². The molecule has 0 aliphatic heterocycles. The summed E-state index contributed by atoms with van der Waals surface area (Å²) in [6.07, 6.45) is 0. The summed E-state index contributed by atoms with van der Waals surface area (Å²) < 4.78 is 17.0. The molecule has 0 aliphatic rings. The summed E-state index contributed by atoms with van der Waals surface area (Å²) in [5.74, 6) is -2.75. The predicted octanol–water partition coefficient (Wildman–Crippen LogP) is 0.649. The van der Waals surface area contributed by atoms with Gasteiger partial charge < -0.3 is 15.6 Å². The molecule has 0 aliphatic carbocycles. The number of hydrogen-bond acceptors (Lipinski definition) is 4. The minimum atomic E-state index is -1.27. The van der Waals surface area contributed by atoms with Crippen LogP contribution in [0.2, 0.25) is 0 Å². The molecule has 3 N–H and O–H groups in total. The van der Waals surface area contributed by atoms with Gasteiger partial charge in [-0.25, -0.2) is 14.0 Å². The number of hydrogen-bond donors (Lipinski definition) is 2. The molecule has 0 radical (unpaired) electrons. The first-order valence-electron chi connectivity index (χ1n) is 3.94. The Morgan fingerprint density at radius 3 is 2.67 bits per heavy atom. The predicted molar refractivity (Wildman–Crippen MR) is 48.7 cm³/mol. The highest BCUT2D eigenvalue weighted by atomic mass is 19.1. The van der Waals surface area contributed by atoms with E-state index < -0.39 is 24.4 Å². The zero-order valence-corrected chi connectivity index (χ0v) is 7.57. The van der Waals surface area contributed by atoms with Crippen LogP contribution in [0.5, 0.6) is 0 Å². The van der Waals surface area contributed by atoms with Gasteiger partial charge in [-0.15, -0.1) is 0 Å². The molecule has 0 unspecified atom stereocenters. The van der Waals surface area contributed by atoms with E-state index in [1.165, 1.54) is 0 Å². The number of esters is 1. The minimum absolute atomic E-state index is 0.0577. The zero-order valence-electron chi connectivity index (χ0n) is 7.57. The van der Waals surface area contributed by atoms with Crippen LogP contribution in [0, 0.1) is 5.82 Å². The van der Waals surface area contributed by atoms with Crippen LogP contribution in [0.4, 0.5) is 10.1 Å².